The van der Waals surface area contributed by atoms with Crippen molar-refractivity contribution in [2.45, 2.75) is 0 Å². The number of nitrogens with zero attached hydrogens (tertiary/aromatic N) is 5. The van der Waals surface area contributed by atoms with Crippen LogP contribution in [0.2, 0.25) is 0 Å². The molecule has 3 heterocycles. The van der Waals surface area contributed by atoms with Crippen molar-refractivity contribution in [1.82, 2.24) is 24.1 Å². The van der Waals surface area contributed by atoms with Crippen LogP contribution in [0.4, 0.5) is 0 Å². The zero-order chi connectivity index (χ0) is 44.7. The molecule has 0 radical (unpaired) electrons. The molecule has 0 bridgehead atoms. The van der Waals surface area contributed by atoms with Gasteiger partial charge in [0.25, 0.3) is 0 Å². The van der Waals surface area contributed by atoms with Gasteiger partial charge in [-0.05, 0) is 87.3 Å². The molecule has 14 aromatic rings. The fourth-order valence-electron chi connectivity index (χ4n) is 10.7. The van der Waals surface area contributed by atoms with Crippen LogP contribution in [0, 0.1) is 0 Å². The molecule has 0 amide bonds. The summed E-state index contributed by atoms with van der Waals surface area (Å²) in [6, 6.07) is 84.6. The maximum absolute atomic E-state index is 5.56. The van der Waals surface area contributed by atoms with Gasteiger partial charge in [-0.1, -0.05) is 182 Å². The smallest absolute Gasteiger partial charge is 0.166 e. The lowest BCUT2D eigenvalue weighted by molar-refractivity contribution is 1.07. The van der Waals surface area contributed by atoms with Crippen LogP contribution in [-0.2, 0) is 0 Å². The third kappa shape index (κ3) is 5.86. The third-order valence-electron chi connectivity index (χ3n) is 13.7. The molecule has 0 saturated carbocycles. The fraction of sp³-hybridized carbons (Fsp3) is 0. The maximum Gasteiger partial charge on any atom is 0.166 e. The van der Waals surface area contributed by atoms with Crippen molar-refractivity contribution in [3.63, 3.8) is 0 Å². The van der Waals surface area contributed by atoms with Gasteiger partial charge < -0.3 is 9.13 Å². The highest BCUT2D eigenvalue weighted by molar-refractivity contribution is 6.24. The van der Waals surface area contributed by atoms with Gasteiger partial charge in [-0.25, -0.2) is 15.0 Å². The Morgan fingerprint density at radius 3 is 1.65 bits per heavy atom. The quantitative estimate of drug-likeness (QED) is 0.167. The number of hydrogen-bond donors (Lipinski definition) is 0. The lowest BCUT2D eigenvalue weighted by Crippen LogP contribution is -2.03. The van der Waals surface area contributed by atoms with Crippen molar-refractivity contribution in [2.75, 3.05) is 0 Å². The Balaban J connectivity index is 1.09. The van der Waals surface area contributed by atoms with Crippen LogP contribution >= 0.6 is 0 Å². The molecule has 14 rings (SSSR count). The van der Waals surface area contributed by atoms with E-state index in [4.69, 9.17) is 15.0 Å². The highest BCUT2D eigenvalue weighted by Gasteiger charge is 2.24. The minimum Gasteiger partial charge on any atom is -0.309 e. The van der Waals surface area contributed by atoms with Gasteiger partial charge in [0.15, 0.2) is 17.5 Å². The highest BCUT2D eigenvalue weighted by atomic mass is 15.1. The Kier molecular flexibility index (Phi) is 8.52. The number of rotatable bonds is 6. The molecule has 0 aliphatic carbocycles. The number of hydrogen-bond acceptors (Lipinski definition) is 3. The van der Waals surface area contributed by atoms with Gasteiger partial charge in [-0.15, -0.1) is 0 Å². The summed E-state index contributed by atoms with van der Waals surface area (Å²) in [5, 5.41) is 11.8. The molecule has 0 aliphatic heterocycles. The number of aromatic nitrogens is 5. The summed E-state index contributed by atoms with van der Waals surface area (Å²) in [6.45, 7) is 0. The van der Waals surface area contributed by atoms with Crippen LogP contribution in [0.1, 0.15) is 0 Å². The summed E-state index contributed by atoms with van der Waals surface area (Å²) in [6.07, 6.45) is 0. The minimum absolute atomic E-state index is 0.604. The van der Waals surface area contributed by atoms with Crippen LogP contribution in [0.5, 0.6) is 0 Å². The van der Waals surface area contributed by atoms with Gasteiger partial charge in [0.1, 0.15) is 0 Å². The largest absolute Gasteiger partial charge is 0.309 e. The Morgan fingerprint density at radius 2 is 0.868 bits per heavy atom. The van der Waals surface area contributed by atoms with Gasteiger partial charge in [-0.3, -0.25) is 0 Å². The van der Waals surface area contributed by atoms with Crippen molar-refractivity contribution in [3.05, 3.63) is 237 Å². The van der Waals surface area contributed by atoms with Gasteiger partial charge in [0.05, 0.1) is 27.8 Å². The summed E-state index contributed by atoms with van der Waals surface area (Å²) >= 11 is 0. The van der Waals surface area contributed by atoms with Crippen molar-refractivity contribution < 1.29 is 0 Å². The summed E-state index contributed by atoms with van der Waals surface area (Å²) in [5.74, 6) is 1.82. The number of fused-ring (bicyclic) bond motifs is 10. The molecule has 68 heavy (non-hydrogen) atoms. The van der Waals surface area contributed by atoms with Crippen LogP contribution in [0.25, 0.3) is 133 Å². The molecule has 3 aromatic heterocycles. The molecule has 5 nitrogen and oxygen atoms in total. The van der Waals surface area contributed by atoms with Crippen LogP contribution in [0.3, 0.4) is 0 Å². The highest BCUT2D eigenvalue weighted by Crippen LogP contribution is 2.45. The first-order chi connectivity index (χ1) is 33.7. The molecule has 0 fully saturated rings. The molecular weight excluding hydrogens is 827 g/mol. The lowest BCUT2D eigenvalue weighted by atomic mass is 9.93. The van der Waals surface area contributed by atoms with Crippen molar-refractivity contribution >= 4 is 75.9 Å². The van der Waals surface area contributed by atoms with Crippen molar-refractivity contribution in [2.24, 2.45) is 0 Å². The van der Waals surface area contributed by atoms with Gasteiger partial charge in [0, 0.05) is 54.7 Å². The molecule has 316 valence electrons. The molecular formula is C63H39N5. The molecule has 0 unspecified atom stereocenters. The van der Waals surface area contributed by atoms with E-state index in [1.165, 1.54) is 37.7 Å². The van der Waals surface area contributed by atoms with E-state index in [9.17, 15) is 0 Å². The first-order valence-corrected chi connectivity index (χ1v) is 23.1. The summed E-state index contributed by atoms with van der Waals surface area (Å²) in [7, 11) is 0. The van der Waals surface area contributed by atoms with E-state index in [1.54, 1.807) is 0 Å². The van der Waals surface area contributed by atoms with E-state index in [0.29, 0.717) is 17.5 Å². The zero-order valence-corrected chi connectivity index (χ0v) is 36.8. The molecule has 0 atom stereocenters. The zero-order valence-electron chi connectivity index (χ0n) is 36.8. The predicted molar refractivity (Wildman–Crippen MR) is 283 cm³/mol. The second-order valence-electron chi connectivity index (χ2n) is 17.5. The van der Waals surface area contributed by atoms with Gasteiger partial charge in [0.2, 0.25) is 0 Å². The second-order valence-corrected chi connectivity index (χ2v) is 17.5. The van der Waals surface area contributed by atoms with E-state index in [0.717, 1.165) is 77.4 Å². The molecule has 0 aliphatic rings. The van der Waals surface area contributed by atoms with E-state index in [1.807, 2.05) is 18.2 Å². The van der Waals surface area contributed by atoms with E-state index < -0.39 is 0 Å². The van der Waals surface area contributed by atoms with Crippen LogP contribution < -0.4 is 0 Å². The Hall–Kier alpha value is -9.19. The average Bonchev–Trinajstić information content (AvgIpc) is 3.93. The fourth-order valence-corrected chi connectivity index (χ4v) is 10.7. The van der Waals surface area contributed by atoms with Crippen molar-refractivity contribution in [3.8, 4) is 56.7 Å². The average molecular weight is 866 g/mol. The van der Waals surface area contributed by atoms with Gasteiger partial charge in [-0.2, -0.15) is 0 Å². The van der Waals surface area contributed by atoms with E-state index in [-0.39, 0.29) is 0 Å². The second kappa shape index (κ2) is 15.2. The molecule has 0 N–H and O–H groups in total. The maximum atomic E-state index is 5.56. The first kappa shape index (κ1) is 38.1. The summed E-state index contributed by atoms with van der Waals surface area (Å²) in [5.41, 5.74) is 11.6. The van der Waals surface area contributed by atoms with E-state index in [2.05, 4.69) is 228 Å². The summed E-state index contributed by atoms with van der Waals surface area (Å²) < 4.78 is 4.82. The molecule has 0 spiro atoms. The Bertz CT molecular complexity index is 4300. The van der Waals surface area contributed by atoms with Crippen LogP contribution in [-0.4, -0.2) is 24.1 Å². The first-order valence-electron chi connectivity index (χ1n) is 23.1. The third-order valence-corrected chi connectivity index (χ3v) is 13.7. The molecule has 11 aromatic carbocycles. The van der Waals surface area contributed by atoms with Crippen molar-refractivity contribution in [1.29, 1.82) is 0 Å². The predicted octanol–water partition coefficient (Wildman–Crippen LogP) is 16.2. The van der Waals surface area contributed by atoms with Gasteiger partial charge >= 0.3 is 0 Å². The summed E-state index contributed by atoms with van der Waals surface area (Å²) in [4.78, 5) is 16.3. The Labute approximate surface area is 391 Å². The Morgan fingerprint density at radius 1 is 0.279 bits per heavy atom. The minimum atomic E-state index is 0.604. The van der Waals surface area contributed by atoms with Crippen LogP contribution in [0.15, 0.2) is 237 Å². The van der Waals surface area contributed by atoms with E-state index >= 15 is 0 Å². The normalized spacial score (nSPS) is 11.8. The monoisotopic (exact) mass is 865 g/mol. The molecule has 5 heteroatoms. The lowest BCUT2D eigenvalue weighted by Gasteiger charge is -2.18. The number of para-hydroxylation sites is 3. The number of benzene rings is 11. The molecule has 0 saturated heterocycles. The SMILES string of the molecule is c1ccc(-c2nc(-c3ccc(-n4c5cc6ccccc6cc5c5c6ccccc6ccc54)c4cccc(-c5ccccc5)c34)nc(-c3cccc4c5ccccc5n(-c5ccccc5)c34)n2)cc1. The standard InChI is InChI=1S/C63H39N5/c1-4-18-40(19-5-1)46-29-16-31-50-55(68-56-36-34-41-20-12-13-27-47(41)59(56)53-38-43-23-10-11-24-44(43)39-57(53)68)37-35-51(58(46)50)62-64-61(42-21-6-2-7-22-42)65-63(66-62)52-32-17-30-49-48-28-14-15-33-54(48)67(60(49)52)45-25-8-3-9-26-45/h1-39H. The topological polar surface area (TPSA) is 48.5 Å².